The second kappa shape index (κ2) is 6.64. The minimum atomic E-state index is -0.388. The zero-order valence-electron chi connectivity index (χ0n) is 12.2. The maximum atomic E-state index is 12.1. The van der Waals surface area contributed by atoms with Gasteiger partial charge in [-0.1, -0.05) is 30.7 Å². The Labute approximate surface area is 129 Å². The average Bonchev–Trinajstić information content (AvgIpc) is 2.47. The van der Waals surface area contributed by atoms with Crippen molar-refractivity contribution in [3.05, 3.63) is 52.5 Å². The molecule has 0 aliphatic heterocycles. The fourth-order valence-electron chi connectivity index (χ4n) is 2.07. The number of nitrogens with two attached hydrogens (primary N) is 1. The van der Waals surface area contributed by atoms with E-state index in [1.807, 2.05) is 44.2 Å². The first-order valence-electron chi connectivity index (χ1n) is 6.86. The Hall–Kier alpha value is -2.00. The van der Waals surface area contributed by atoms with E-state index >= 15 is 0 Å². The molecule has 0 aliphatic rings. The van der Waals surface area contributed by atoms with Gasteiger partial charge in [0.15, 0.2) is 0 Å². The number of rotatable bonds is 4. The van der Waals surface area contributed by atoms with Crippen LogP contribution in [-0.4, -0.2) is 12.6 Å². The minimum Gasteiger partial charge on any atom is -0.462 e. The molecule has 0 heterocycles. The van der Waals surface area contributed by atoms with Crippen LogP contribution in [0.15, 0.2) is 36.4 Å². The Morgan fingerprint density at radius 2 is 2.00 bits per heavy atom. The Morgan fingerprint density at radius 3 is 2.67 bits per heavy atom. The molecule has 2 rings (SSSR count). The summed E-state index contributed by atoms with van der Waals surface area (Å²) >= 11 is 6.02. The first-order chi connectivity index (χ1) is 10.0. The van der Waals surface area contributed by atoms with Gasteiger partial charge in [-0.2, -0.15) is 0 Å². The Balaban J connectivity index is 2.45. The van der Waals surface area contributed by atoms with Crippen LogP contribution < -0.4 is 5.73 Å². The van der Waals surface area contributed by atoms with E-state index in [-0.39, 0.29) is 5.97 Å². The predicted molar refractivity (Wildman–Crippen MR) is 86.6 cm³/mol. The van der Waals surface area contributed by atoms with E-state index in [2.05, 4.69) is 0 Å². The number of halogens is 1. The molecular weight excluding hydrogens is 286 g/mol. The maximum absolute atomic E-state index is 12.1. The predicted octanol–water partition coefficient (Wildman–Crippen LogP) is 4.46. The van der Waals surface area contributed by atoms with Crippen LogP contribution in [-0.2, 0) is 4.74 Å². The molecule has 0 aromatic heterocycles. The van der Waals surface area contributed by atoms with E-state index in [9.17, 15) is 4.79 Å². The van der Waals surface area contributed by atoms with Gasteiger partial charge < -0.3 is 10.5 Å². The van der Waals surface area contributed by atoms with Crippen LogP contribution in [0.2, 0.25) is 5.02 Å². The lowest BCUT2D eigenvalue weighted by Crippen LogP contribution is -2.10. The minimum absolute atomic E-state index is 0.388. The zero-order chi connectivity index (χ0) is 15.4. The Morgan fingerprint density at radius 1 is 1.24 bits per heavy atom. The van der Waals surface area contributed by atoms with Crippen molar-refractivity contribution in [3.8, 4) is 11.1 Å². The van der Waals surface area contributed by atoms with Crippen LogP contribution in [0.4, 0.5) is 5.69 Å². The summed E-state index contributed by atoms with van der Waals surface area (Å²) in [6, 6.07) is 11.2. The van der Waals surface area contributed by atoms with Crippen molar-refractivity contribution in [2.24, 2.45) is 0 Å². The fraction of sp³-hybridized carbons (Fsp3) is 0.235. The first kappa shape index (κ1) is 15.4. The van der Waals surface area contributed by atoms with Crippen LogP contribution in [0.25, 0.3) is 11.1 Å². The number of esters is 1. The molecule has 0 saturated carbocycles. The molecule has 0 spiro atoms. The van der Waals surface area contributed by atoms with Crippen molar-refractivity contribution in [1.29, 1.82) is 0 Å². The molecule has 21 heavy (non-hydrogen) atoms. The zero-order valence-corrected chi connectivity index (χ0v) is 12.9. The van der Waals surface area contributed by atoms with Gasteiger partial charge >= 0.3 is 5.97 Å². The monoisotopic (exact) mass is 303 g/mol. The van der Waals surface area contributed by atoms with Crippen molar-refractivity contribution in [2.45, 2.75) is 20.3 Å². The summed E-state index contributed by atoms with van der Waals surface area (Å²) in [5.74, 6) is -0.388. The molecule has 2 aromatic carbocycles. The molecule has 110 valence electrons. The van der Waals surface area contributed by atoms with Gasteiger partial charge in [-0.3, -0.25) is 0 Å². The molecule has 4 heteroatoms. The van der Waals surface area contributed by atoms with Gasteiger partial charge in [0, 0.05) is 10.7 Å². The van der Waals surface area contributed by atoms with Crippen LogP contribution in [0.3, 0.4) is 0 Å². The molecule has 0 radical (unpaired) electrons. The van der Waals surface area contributed by atoms with Crippen LogP contribution >= 0.6 is 11.6 Å². The maximum Gasteiger partial charge on any atom is 0.340 e. The van der Waals surface area contributed by atoms with Gasteiger partial charge in [-0.25, -0.2) is 4.79 Å². The van der Waals surface area contributed by atoms with Crippen LogP contribution in [0.1, 0.15) is 29.3 Å². The van der Waals surface area contributed by atoms with E-state index in [4.69, 9.17) is 22.1 Å². The molecular formula is C17H18ClNO2. The smallest absolute Gasteiger partial charge is 0.340 e. The lowest BCUT2D eigenvalue weighted by molar-refractivity contribution is 0.0506. The van der Waals surface area contributed by atoms with Crippen LogP contribution in [0.5, 0.6) is 0 Å². The molecule has 3 nitrogen and oxygen atoms in total. The van der Waals surface area contributed by atoms with Crippen molar-refractivity contribution >= 4 is 23.3 Å². The number of carbonyl (C=O) groups excluding carboxylic acids is 1. The fourth-order valence-corrected chi connectivity index (χ4v) is 2.26. The van der Waals surface area contributed by atoms with Gasteiger partial charge in [0.25, 0.3) is 0 Å². The number of ether oxygens (including phenoxy) is 1. The lowest BCUT2D eigenvalue weighted by atomic mass is 9.98. The van der Waals surface area contributed by atoms with Crippen molar-refractivity contribution in [1.82, 2.24) is 0 Å². The van der Waals surface area contributed by atoms with Gasteiger partial charge in [-0.05, 0) is 54.3 Å². The highest BCUT2D eigenvalue weighted by Gasteiger charge is 2.15. The highest BCUT2D eigenvalue weighted by atomic mass is 35.5. The number of nitrogen functional groups attached to an aromatic ring is 1. The summed E-state index contributed by atoms with van der Waals surface area (Å²) in [6.45, 7) is 4.21. The number of hydrogen-bond donors (Lipinski definition) is 1. The molecule has 0 saturated heterocycles. The summed E-state index contributed by atoms with van der Waals surface area (Å²) in [4.78, 5) is 12.1. The van der Waals surface area contributed by atoms with Gasteiger partial charge in [0.2, 0.25) is 0 Å². The molecule has 0 aliphatic carbocycles. The highest BCUT2D eigenvalue weighted by Crippen LogP contribution is 2.29. The number of anilines is 1. The SMILES string of the molecule is CCCOC(=O)c1cc(-c2cccc(Cl)c2)cc(C)c1N. The van der Waals surface area contributed by atoms with Gasteiger partial charge in [-0.15, -0.1) is 0 Å². The largest absolute Gasteiger partial charge is 0.462 e. The van der Waals surface area contributed by atoms with E-state index in [0.717, 1.165) is 23.1 Å². The normalized spacial score (nSPS) is 10.4. The third-order valence-corrected chi connectivity index (χ3v) is 3.44. The average molecular weight is 304 g/mol. The van der Waals surface area contributed by atoms with E-state index in [0.29, 0.717) is 22.9 Å². The quantitative estimate of drug-likeness (QED) is 0.670. The van der Waals surface area contributed by atoms with Gasteiger partial charge in [0.1, 0.15) is 0 Å². The molecule has 0 unspecified atom stereocenters. The molecule has 0 bridgehead atoms. The second-order valence-corrected chi connectivity index (χ2v) is 5.34. The number of aryl methyl sites for hydroxylation is 1. The lowest BCUT2D eigenvalue weighted by Gasteiger charge is -2.12. The summed E-state index contributed by atoms with van der Waals surface area (Å²) in [6.07, 6.45) is 0.776. The van der Waals surface area contributed by atoms with Crippen molar-refractivity contribution < 1.29 is 9.53 Å². The summed E-state index contributed by atoms with van der Waals surface area (Å²) in [5.41, 5.74) is 9.55. The molecule has 0 atom stereocenters. The van der Waals surface area contributed by atoms with Gasteiger partial charge in [0.05, 0.1) is 12.2 Å². The van der Waals surface area contributed by atoms with Crippen LogP contribution in [0, 0.1) is 6.92 Å². The Kier molecular flexibility index (Phi) is 4.86. The summed E-state index contributed by atoms with van der Waals surface area (Å²) in [7, 11) is 0. The molecule has 2 aromatic rings. The van der Waals surface area contributed by atoms with E-state index in [1.54, 1.807) is 6.07 Å². The van der Waals surface area contributed by atoms with Crippen molar-refractivity contribution in [3.63, 3.8) is 0 Å². The summed E-state index contributed by atoms with van der Waals surface area (Å²) in [5, 5.41) is 0.650. The second-order valence-electron chi connectivity index (χ2n) is 4.90. The Bertz CT molecular complexity index is 668. The topological polar surface area (TPSA) is 52.3 Å². The number of hydrogen-bond acceptors (Lipinski definition) is 3. The third kappa shape index (κ3) is 3.56. The van der Waals surface area contributed by atoms with Crippen molar-refractivity contribution in [2.75, 3.05) is 12.3 Å². The van der Waals surface area contributed by atoms with E-state index in [1.165, 1.54) is 0 Å². The number of benzene rings is 2. The molecule has 0 amide bonds. The molecule has 2 N–H and O–H groups in total. The standard InChI is InChI=1S/C17H18ClNO2/c1-3-7-21-17(20)15-10-13(8-11(2)16(15)19)12-5-4-6-14(18)9-12/h4-6,8-10H,3,7,19H2,1-2H3. The highest BCUT2D eigenvalue weighted by molar-refractivity contribution is 6.30. The first-order valence-corrected chi connectivity index (χ1v) is 7.24. The molecule has 0 fully saturated rings. The number of carbonyl (C=O) groups is 1. The third-order valence-electron chi connectivity index (χ3n) is 3.20. The summed E-state index contributed by atoms with van der Waals surface area (Å²) < 4.78 is 5.18. The van der Waals surface area contributed by atoms with E-state index < -0.39 is 0 Å².